The van der Waals surface area contributed by atoms with Gasteiger partial charge >= 0.3 is 0 Å². The van der Waals surface area contributed by atoms with Crippen LogP contribution in [0.5, 0.6) is 0 Å². The SMILES string of the molecule is C#CC1CNC1.Cl. The van der Waals surface area contributed by atoms with E-state index in [-0.39, 0.29) is 12.4 Å². The summed E-state index contributed by atoms with van der Waals surface area (Å²) in [7, 11) is 0. The highest BCUT2D eigenvalue weighted by atomic mass is 35.5. The highest BCUT2D eigenvalue weighted by Crippen LogP contribution is 1.97. The largest absolute Gasteiger partial charge is 0.314 e. The molecule has 1 aliphatic rings. The molecule has 0 bridgehead atoms. The zero-order valence-corrected chi connectivity index (χ0v) is 4.79. The minimum absolute atomic E-state index is 0. The van der Waals surface area contributed by atoms with Crippen LogP contribution in [0.15, 0.2) is 0 Å². The van der Waals surface area contributed by atoms with Gasteiger partial charge in [0.05, 0.1) is 0 Å². The van der Waals surface area contributed by atoms with Gasteiger partial charge in [-0.3, -0.25) is 0 Å². The van der Waals surface area contributed by atoms with Gasteiger partial charge in [-0.25, -0.2) is 0 Å². The van der Waals surface area contributed by atoms with E-state index in [9.17, 15) is 0 Å². The molecule has 0 amide bonds. The Balaban J connectivity index is 0.000000360. The first-order chi connectivity index (χ1) is 2.93. The normalized spacial score (nSPS) is 18.7. The fourth-order valence-corrected chi connectivity index (χ4v) is 0.407. The molecule has 0 aromatic heterocycles. The maximum atomic E-state index is 5.04. The molecular formula is C5H8ClN. The molecule has 1 rings (SSSR count). The lowest BCUT2D eigenvalue weighted by Gasteiger charge is -2.20. The lowest BCUT2D eigenvalue weighted by molar-refractivity contribution is 0.432. The zero-order valence-electron chi connectivity index (χ0n) is 3.98. The highest BCUT2D eigenvalue weighted by Gasteiger charge is 2.11. The molecule has 0 spiro atoms. The Morgan fingerprint density at radius 1 is 1.57 bits per heavy atom. The van der Waals surface area contributed by atoms with Crippen LogP contribution in [0.2, 0.25) is 0 Å². The Morgan fingerprint density at radius 2 is 2.14 bits per heavy atom. The van der Waals surface area contributed by atoms with Crippen molar-refractivity contribution in [3.63, 3.8) is 0 Å². The molecule has 0 radical (unpaired) electrons. The van der Waals surface area contributed by atoms with Crippen molar-refractivity contribution in [1.82, 2.24) is 5.32 Å². The van der Waals surface area contributed by atoms with E-state index in [1.165, 1.54) is 0 Å². The van der Waals surface area contributed by atoms with Crippen molar-refractivity contribution in [2.45, 2.75) is 0 Å². The smallest absolute Gasteiger partial charge is 0.0449 e. The Kier molecular flexibility index (Phi) is 2.82. The Labute approximate surface area is 49.9 Å². The second-order valence-corrected chi connectivity index (χ2v) is 1.52. The molecule has 2 heteroatoms. The first-order valence-corrected chi connectivity index (χ1v) is 2.10. The minimum Gasteiger partial charge on any atom is -0.314 e. The standard InChI is InChI=1S/C5H7N.ClH/c1-2-5-3-6-4-5;/h1,5-6H,3-4H2;1H. The van der Waals surface area contributed by atoms with Crippen LogP contribution in [0, 0.1) is 18.3 Å². The number of rotatable bonds is 0. The summed E-state index contributed by atoms with van der Waals surface area (Å²) in [6.45, 7) is 2.05. The average Bonchev–Trinajstić information content (AvgIpc) is 1.31. The van der Waals surface area contributed by atoms with Crippen molar-refractivity contribution in [2.75, 3.05) is 13.1 Å². The van der Waals surface area contributed by atoms with Gasteiger partial charge in [0, 0.05) is 19.0 Å². The first-order valence-electron chi connectivity index (χ1n) is 2.10. The second-order valence-electron chi connectivity index (χ2n) is 1.52. The molecule has 7 heavy (non-hydrogen) atoms. The predicted octanol–water partition coefficient (Wildman–Crippen LogP) is 0.261. The molecule has 1 N–H and O–H groups in total. The Bertz CT molecular complexity index is 80.6. The third-order valence-corrected chi connectivity index (χ3v) is 1.02. The third-order valence-electron chi connectivity index (χ3n) is 1.02. The van der Waals surface area contributed by atoms with E-state index in [1.807, 2.05) is 0 Å². The topological polar surface area (TPSA) is 12.0 Å². The van der Waals surface area contributed by atoms with E-state index in [1.54, 1.807) is 0 Å². The quantitative estimate of drug-likeness (QED) is 0.449. The zero-order chi connectivity index (χ0) is 4.41. The fourth-order valence-electron chi connectivity index (χ4n) is 0.407. The minimum atomic E-state index is 0. The van der Waals surface area contributed by atoms with Gasteiger partial charge < -0.3 is 5.32 Å². The van der Waals surface area contributed by atoms with Crippen molar-refractivity contribution in [1.29, 1.82) is 0 Å². The van der Waals surface area contributed by atoms with Crippen LogP contribution >= 0.6 is 12.4 Å². The van der Waals surface area contributed by atoms with Crippen LogP contribution in [0.1, 0.15) is 0 Å². The van der Waals surface area contributed by atoms with Crippen molar-refractivity contribution < 1.29 is 0 Å². The molecule has 1 heterocycles. The van der Waals surface area contributed by atoms with Crippen LogP contribution in [0.25, 0.3) is 0 Å². The van der Waals surface area contributed by atoms with E-state index >= 15 is 0 Å². The summed E-state index contributed by atoms with van der Waals surface area (Å²) < 4.78 is 0. The monoisotopic (exact) mass is 117 g/mol. The molecule has 0 aromatic carbocycles. The average molecular weight is 118 g/mol. The Morgan fingerprint density at radius 3 is 2.14 bits per heavy atom. The van der Waals surface area contributed by atoms with Gasteiger partial charge in [0.25, 0.3) is 0 Å². The van der Waals surface area contributed by atoms with E-state index in [2.05, 4.69) is 11.2 Å². The summed E-state index contributed by atoms with van der Waals surface area (Å²) in [5.41, 5.74) is 0. The van der Waals surface area contributed by atoms with Crippen LogP contribution in [0.4, 0.5) is 0 Å². The van der Waals surface area contributed by atoms with Crippen molar-refractivity contribution in [3.8, 4) is 12.3 Å². The van der Waals surface area contributed by atoms with E-state index in [4.69, 9.17) is 6.42 Å². The summed E-state index contributed by atoms with van der Waals surface area (Å²) in [6, 6.07) is 0. The highest BCUT2D eigenvalue weighted by molar-refractivity contribution is 5.85. The summed E-state index contributed by atoms with van der Waals surface area (Å²) in [5, 5.41) is 3.07. The first kappa shape index (κ1) is 6.81. The van der Waals surface area contributed by atoms with Gasteiger partial charge in [0.1, 0.15) is 0 Å². The molecule has 0 saturated carbocycles. The molecule has 0 atom stereocenters. The van der Waals surface area contributed by atoms with Gasteiger partial charge in [-0.15, -0.1) is 24.8 Å². The number of hydrogen-bond acceptors (Lipinski definition) is 1. The van der Waals surface area contributed by atoms with E-state index < -0.39 is 0 Å². The van der Waals surface area contributed by atoms with Crippen LogP contribution in [-0.2, 0) is 0 Å². The lowest BCUT2D eigenvalue weighted by Crippen LogP contribution is -2.40. The Hall–Kier alpha value is -0.190. The molecule has 0 aliphatic carbocycles. The maximum Gasteiger partial charge on any atom is 0.0449 e. The third kappa shape index (κ3) is 1.38. The number of nitrogens with one attached hydrogen (secondary N) is 1. The second kappa shape index (κ2) is 2.90. The summed E-state index contributed by atoms with van der Waals surface area (Å²) in [5.74, 6) is 3.17. The summed E-state index contributed by atoms with van der Waals surface area (Å²) >= 11 is 0. The molecule has 1 nitrogen and oxygen atoms in total. The fraction of sp³-hybridized carbons (Fsp3) is 0.600. The number of hydrogen-bond donors (Lipinski definition) is 1. The van der Waals surface area contributed by atoms with Gasteiger partial charge in [-0.05, 0) is 0 Å². The van der Waals surface area contributed by atoms with Gasteiger partial charge in [0.2, 0.25) is 0 Å². The number of terminal acetylenes is 1. The molecule has 1 saturated heterocycles. The van der Waals surface area contributed by atoms with Crippen LogP contribution in [-0.4, -0.2) is 13.1 Å². The van der Waals surface area contributed by atoms with Gasteiger partial charge in [0.15, 0.2) is 0 Å². The molecular weight excluding hydrogens is 110 g/mol. The van der Waals surface area contributed by atoms with Gasteiger partial charge in [-0.1, -0.05) is 0 Å². The van der Waals surface area contributed by atoms with Gasteiger partial charge in [-0.2, -0.15) is 0 Å². The summed E-state index contributed by atoms with van der Waals surface area (Å²) in [4.78, 5) is 0. The van der Waals surface area contributed by atoms with Crippen LogP contribution in [0.3, 0.4) is 0 Å². The van der Waals surface area contributed by atoms with Crippen molar-refractivity contribution >= 4 is 12.4 Å². The lowest BCUT2D eigenvalue weighted by atomic mass is 10.1. The predicted molar refractivity (Wildman–Crippen MR) is 32.4 cm³/mol. The van der Waals surface area contributed by atoms with E-state index in [0.717, 1.165) is 13.1 Å². The molecule has 1 aliphatic heterocycles. The molecule has 40 valence electrons. The molecule has 0 unspecified atom stereocenters. The number of halogens is 1. The summed E-state index contributed by atoms with van der Waals surface area (Å²) in [6.07, 6.45) is 5.04. The van der Waals surface area contributed by atoms with Crippen molar-refractivity contribution in [3.05, 3.63) is 0 Å². The molecule has 0 aromatic rings. The molecule has 1 fully saturated rings. The maximum absolute atomic E-state index is 5.04. The van der Waals surface area contributed by atoms with Crippen LogP contribution < -0.4 is 5.32 Å². The van der Waals surface area contributed by atoms with E-state index in [0.29, 0.717) is 5.92 Å². The van der Waals surface area contributed by atoms with Crippen molar-refractivity contribution in [2.24, 2.45) is 5.92 Å².